The van der Waals surface area contributed by atoms with Gasteiger partial charge >= 0.3 is 0 Å². The average molecular weight is 340 g/mol. The minimum atomic E-state index is 0.123. The summed E-state index contributed by atoms with van der Waals surface area (Å²) in [5.74, 6) is 0.924. The fraction of sp³-hybridized carbons (Fsp3) is 0.533. The van der Waals surface area contributed by atoms with Crippen LogP contribution in [0.5, 0.6) is 0 Å². The molecule has 0 spiro atoms. The Morgan fingerprint density at radius 1 is 1.45 bits per heavy atom. The maximum Gasteiger partial charge on any atom is 0.171 e. The quantitative estimate of drug-likeness (QED) is 0.383. The van der Waals surface area contributed by atoms with Crippen molar-refractivity contribution in [1.29, 1.82) is 0 Å². The molecule has 1 aliphatic carbocycles. The SMILES string of the molecule is CC1CCCC(N(C)c2ccc(/C(N)=N/O)c(Br)c2)C1. The lowest BCUT2D eigenvalue weighted by molar-refractivity contribution is 0.318. The predicted octanol–water partition coefficient (Wildman–Crippen LogP) is 3.56. The maximum absolute atomic E-state index is 8.76. The van der Waals surface area contributed by atoms with Gasteiger partial charge in [-0.15, -0.1) is 0 Å². The maximum atomic E-state index is 8.76. The molecular weight excluding hydrogens is 318 g/mol. The van der Waals surface area contributed by atoms with Gasteiger partial charge in [0.15, 0.2) is 5.84 Å². The van der Waals surface area contributed by atoms with Crippen molar-refractivity contribution in [2.24, 2.45) is 16.8 Å². The summed E-state index contributed by atoms with van der Waals surface area (Å²) in [5.41, 5.74) is 7.51. The van der Waals surface area contributed by atoms with Gasteiger partial charge in [-0.2, -0.15) is 0 Å². The second-order valence-corrected chi connectivity index (χ2v) is 6.54. The molecule has 0 saturated heterocycles. The van der Waals surface area contributed by atoms with Crippen molar-refractivity contribution in [3.8, 4) is 0 Å². The summed E-state index contributed by atoms with van der Waals surface area (Å²) in [4.78, 5) is 2.34. The normalized spacial score (nSPS) is 23.6. The van der Waals surface area contributed by atoms with Crippen LogP contribution in [0.25, 0.3) is 0 Å². The molecule has 1 aromatic carbocycles. The highest BCUT2D eigenvalue weighted by Gasteiger charge is 2.23. The Hall–Kier alpha value is -1.23. The number of hydrogen-bond acceptors (Lipinski definition) is 3. The molecule has 0 aromatic heterocycles. The first-order valence-corrected chi connectivity index (χ1v) is 7.82. The van der Waals surface area contributed by atoms with Crippen LogP contribution in [0.1, 0.15) is 38.2 Å². The number of rotatable bonds is 3. The number of hydrogen-bond donors (Lipinski definition) is 2. The molecule has 2 atom stereocenters. The van der Waals surface area contributed by atoms with E-state index in [0.29, 0.717) is 11.6 Å². The summed E-state index contributed by atoms with van der Waals surface area (Å²) < 4.78 is 0.848. The fourth-order valence-corrected chi connectivity index (χ4v) is 3.52. The zero-order chi connectivity index (χ0) is 14.7. The first-order chi connectivity index (χ1) is 9.52. The smallest absolute Gasteiger partial charge is 0.171 e. The molecule has 2 unspecified atom stereocenters. The summed E-state index contributed by atoms with van der Waals surface area (Å²) in [6, 6.07) is 6.54. The van der Waals surface area contributed by atoms with Crippen LogP contribution in [0, 0.1) is 5.92 Å². The van der Waals surface area contributed by atoms with E-state index in [1.54, 1.807) is 0 Å². The highest BCUT2D eigenvalue weighted by Crippen LogP contribution is 2.31. The van der Waals surface area contributed by atoms with Crippen molar-refractivity contribution in [1.82, 2.24) is 0 Å². The minimum Gasteiger partial charge on any atom is -0.409 e. The van der Waals surface area contributed by atoms with Gasteiger partial charge in [0.1, 0.15) is 0 Å². The highest BCUT2D eigenvalue weighted by molar-refractivity contribution is 9.10. The number of halogens is 1. The lowest BCUT2D eigenvalue weighted by Crippen LogP contribution is -2.35. The van der Waals surface area contributed by atoms with E-state index in [2.05, 4.69) is 40.0 Å². The number of oxime groups is 1. The van der Waals surface area contributed by atoms with Crippen LogP contribution in [0.3, 0.4) is 0 Å². The number of amidine groups is 1. The third-order valence-corrected chi connectivity index (χ3v) is 4.86. The zero-order valence-electron chi connectivity index (χ0n) is 12.0. The van der Waals surface area contributed by atoms with Crippen molar-refractivity contribution in [3.63, 3.8) is 0 Å². The number of benzene rings is 1. The number of nitrogens with two attached hydrogens (primary N) is 1. The third-order valence-electron chi connectivity index (χ3n) is 4.20. The Morgan fingerprint density at radius 2 is 2.20 bits per heavy atom. The van der Waals surface area contributed by atoms with Gasteiger partial charge in [0, 0.05) is 28.8 Å². The van der Waals surface area contributed by atoms with Gasteiger partial charge in [-0.1, -0.05) is 24.9 Å². The topological polar surface area (TPSA) is 61.8 Å². The molecule has 0 amide bonds. The van der Waals surface area contributed by atoms with E-state index in [1.807, 2.05) is 18.2 Å². The molecule has 0 bridgehead atoms. The van der Waals surface area contributed by atoms with Crippen molar-refractivity contribution >= 4 is 27.5 Å². The molecule has 2 rings (SSSR count). The molecule has 5 heteroatoms. The van der Waals surface area contributed by atoms with E-state index < -0.39 is 0 Å². The van der Waals surface area contributed by atoms with Crippen LogP contribution in [0.15, 0.2) is 27.8 Å². The Kier molecular flexibility index (Phi) is 4.91. The summed E-state index contributed by atoms with van der Waals surface area (Å²) in [6.45, 7) is 2.33. The summed E-state index contributed by atoms with van der Waals surface area (Å²) in [7, 11) is 2.15. The van der Waals surface area contributed by atoms with Crippen molar-refractivity contribution in [2.75, 3.05) is 11.9 Å². The van der Waals surface area contributed by atoms with Gasteiger partial charge in [0.05, 0.1) is 0 Å². The molecule has 0 aliphatic heterocycles. The van der Waals surface area contributed by atoms with Crippen LogP contribution >= 0.6 is 15.9 Å². The van der Waals surface area contributed by atoms with E-state index in [-0.39, 0.29) is 5.84 Å². The lowest BCUT2D eigenvalue weighted by atomic mass is 9.86. The van der Waals surface area contributed by atoms with Gasteiger partial charge in [0.25, 0.3) is 0 Å². The van der Waals surface area contributed by atoms with Crippen LogP contribution in [0.4, 0.5) is 5.69 Å². The molecule has 1 aliphatic rings. The van der Waals surface area contributed by atoms with Gasteiger partial charge in [-0.05, 0) is 52.9 Å². The molecule has 3 N–H and O–H groups in total. The third kappa shape index (κ3) is 3.26. The molecule has 1 fully saturated rings. The van der Waals surface area contributed by atoms with Crippen LogP contribution < -0.4 is 10.6 Å². The lowest BCUT2D eigenvalue weighted by Gasteiger charge is -2.35. The molecular formula is C15H22BrN3O. The molecule has 0 radical (unpaired) electrons. The highest BCUT2D eigenvalue weighted by atomic mass is 79.9. The monoisotopic (exact) mass is 339 g/mol. The Bertz CT molecular complexity index is 504. The van der Waals surface area contributed by atoms with Crippen LogP contribution in [-0.4, -0.2) is 24.1 Å². The second-order valence-electron chi connectivity index (χ2n) is 5.69. The van der Waals surface area contributed by atoms with Gasteiger partial charge in [-0.25, -0.2) is 0 Å². The van der Waals surface area contributed by atoms with Crippen molar-refractivity contribution in [2.45, 2.75) is 38.6 Å². The largest absolute Gasteiger partial charge is 0.409 e. The molecule has 1 aromatic rings. The Labute approximate surface area is 128 Å². The minimum absolute atomic E-state index is 0.123. The standard InChI is InChI=1S/C15H22BrN3O/c1-10-4-3-5-11(8-10)19(2)12-6-7-13(14(16)9-12)15(17)18-20/h6-7,9-11,20H,3-5,8H2,1-2H3,(H2,17,18). The van der Waals surface area contributed by atoms with E-state index >= 15 is 0 Å². The summed E-state index contributed by atoms with van der Waals surface area (Å²) in [6.07, 6.45) is 5.15. The predicted molar refractivity (Wildman–Crippen MR) is 86.5 cm³/mol. The number of nitrogens with zero attached hydrogens (tertiary/aromatic N) is 2. The van der Waals surface area contributed by atoms with Gasteiger partial charge < -0.3 is 15.8 Å². The molecule has 110 valence electrons. The van der Waals surface area contributed by atoms with Gasteiger partial charge in [0.2, 0.25) is 0 Å². The van der Waals surface area contributed by atoms with Crippen LogP contribution in [0.2, 0.25) is 0 Å². The zero-order valence-corrected chi connectivity index (χ0v) is 13.6. The fourth-order valence-electron chi connectivity index (χ4n) is 2.95. The first-order valence-electron chi connectivity index (χ1n) is 7.03. The van der Waals surface area contributed by atoms with Crippen molar-refractivity contribution in [3.05, 3.63) is 28.2 Å². The Morgan fingerprint density at radius 3 is 2.80 bits per heavy atom. The molecule has 4 nitrogen and oxygen atoms in total. The molecule has 20 heavy (non-hydrogen) atoms. The second kappa shape index (κ2) is 6.48. The molecule has 0 heterocycles. The average Bonchev–Trinajstić information content (AvgIpc) is 2.45. The summed E-state index contributed by atoms with van der Waals surface area (Å²) in [5, 5.41) is 11.8. The van der Waals surface area contributed by atoms with E-state index in [0.717, 1.165) is 16.1 Å². The van der Waals surface area contributed by atoms with E-state index in [4.69, 9.17) is 10.9 Å². The Balaban J connectivity index is 2.18. The molecule has 1 saturated carbocycles. The van der Waals surface area contributed by atoms with Crippen molar-refractivity contribution < 1.29 is 5.21 Å². The summed E-state index contributed by atoms with van der Waals surface area (Å²) >= 11 is 3.49. The number of anilines is 1. The van der Waals surface area contributed by atoms with Crippen LogP contribution in [-0.2, 0) is 0 Å². The first kappa shape index (κ1) is 15.2. The van der Waals surface area contributed by atoms with E-state index in [1.165, 1.54) is 25.7 Å². The van der Waals surface area contributed by atoms with Gasteiger partial charge in [-0.3, -0.25) is 0 Å². The van der Waals surface area contributed by atoms with E-state index in [9.17, 15) is 0 Å².